The van der Waals surface area contributed by atoms with Crippen molar-refractivity contribution in [2.75, 3.05) is 0 Å². The highest BCUT2D eigenvalue weighted by Crippen LogP contribution is 2.55. The molecule has 6 heteroatoms. The fraction of sp³-hybridized carbons (Fsp3) is 0.0357. The minimum absolute atomic E-state index is 0.117. The van der Waals surface area contributed by atoms with Gasteiger partial charge in [0, 0.05) is 21.1 Å². The third-order valence-electron chi connectivity index (χ3n) is 5.17. The number of thioether (sulfide) groups is 1. The summed E-state index contributed by atoms with van der Waals surface area (Å²) in [4.78, 5) is 5.93. The van der Waals surface area contributed by atoms with E-state index in [9.17, 15) is 4.57 Å². The fourth-order valence-electron chi connectivity index (χ4n) is 3.44. The lowest BCUT2D eigenvalue weighted by Crippen LogP contribution is -2.17. The van der Waals surface area contributed by atoms with E-state index < -0.39 is 7.14 Å². The van der Waals surface area contributed by atoms with Gasteiger partial charge in [-0.1, -0.05) is 144 Å². The first-order chi connectivity index (χ1) is 16.5. The Hall–Kier alpha value is -2.55. The van der Waals surface area contributed by atoms with E-state index in [-0.39, 0.29) is 9.93 Å². The van der Waals surface area contributed by atoms with E-state index in [4.69, 9.17) is 28.2 Å². The van der Waals surface area contributed by atoms with Crippen LogP contribution in [0.4, 0.5) is 0 Å². The number of nitrogens with zero attached hydrogens (tertiary/aromatic N) is 1. The minimum atomic E-state index is -3.46. The molecule has 0 spiro atoms. The van der Waals surface area contributed by atoms with Crippen molar-refractivity contribution in [1.82, 2.24) is 0 Å². The quantitative estimate of drug-likeness (QED) is 0.111. The first-order valence-corrected chi connectivity index (χ1v) is 13.9. The molecule has 0 aliphatic heterocycles. The molecule has 0 radical (unpaired) electrons. The van der Waals surface area contributed by atoms with Crippen LogP contribution < -0.4 is 10.6 Å². The Balaban J connectivity index is 1.93. The Bertz CT molecular complexity index is 1310. The zero-order valence-electron chi connectivity index (χ0n) is 18.4. The second-order valence-corrected chi connectivity index (χ2v) is 12.2. The Morgan fingerprint density at radius 3 is 1.65 bits per heavy atom. The van der Waals surface area contributed by atoms with E-state index in [0.29, 0.717) is 15.7 Å². The molecule has 0 unspecified atom stereocenters. The summed E-state index contributed by atoms with van der Waals surface area (Å²) < 4.78 is 14.8. The monoisotopic (exact) mass is 521 g/mol. The van der Waals surface area contributed by atoms with Gasteiger partial charge in [0.1, 0.15) is 15.0 Å². The standard InChI is InChI=1S/C28H22Cl2NOPS/c1-21-17-19-25(20-18-21)34-28(22-11-5-2-6-12-22)31-27(26(29)30)33(32,23-13-7-3-8-14-23)24-15-9-4-10-16-24/h2-20H,1H3/b31-28+. The Morgan fingerprint density at radius 2 is 1.18 bits per heavy atom. The van der Waals surface area contributed by atoms with Crippen molar-refractivity contribution in [3.8, 4) is 0 Å². The van der Waals surface area contributed by atoms with Crippen molar-refractivity contribution in [2.24, 2.45) is 4.99 Å². The van der Waals surface area contributed by atoms with Crippen LogP contribution in [-0.2, 0) is 4.57 Å². The van der Waals surface area contributed by atoms with Crippen LogP contribution in [0.2, 0.25) is 0 Å². The lowest BCUT2D eigenvalue weighted by molar-refractivity contribution is 0.590. The third-order valence-corrected chi connectivity index (χ3v) is 9.79. The molecule has 34 heavy (non-hydrogen) atoms. The van der Waals surface area contributed by atoms with Crippen LogP contribution in [0, 0.1) is 6.92 Å². The van der Waals surface area contributed by atoms with Gasteiger partial charge in [-0.3, -0.25) is 0 Å². The molecule has 170 valence electrons. The van der Waals surface area contributed by atoms with Crippen molar-refractivity contribution in [2.45, 2.75) is 11.8 Å². The van der Waals surface area contributed by atoms with E-state index in [1.807, 2.05) is 110 Å². The van der Waals surface area contributed by atoms with Gasteiger partial charge >= 0.3 is 0 Å². The Morgan fingerprint density at radius 1 is 0.706 bits per heavy atom. The molecule has 0 atom stereocenters. The molecule has 0 aliphatic rings. The molecule has 0 saturated carbocycles. The topological polar surface area (TPSA) is 29.4 Å². The molecule has 0 aromatic heterocycles. The summed E-state index contributed by atoms with van der Waals surface area (Å²) in [5.74, 6) is 0. The maximum atomic E-state index is 14.9. The summed E-state index contributed by atoms with van der Waals surface area (Å²) in [6, 6.07) is 36.5. The summed E-state index contributed by atoms with van der Waals surface area (Å²) >= 11 is 14.4. The number of aryl methyl sites for hydroxylation is 1. The van der Waals surface area contributed by atoms with Crippen LogP contribution in [-0.4, -0.2) is 5.04 Å². The van der Waals surface area contributed by atoms with Crippen LogP contribution in [0.1, 0.15) is 11.1 Å². The van der Waals surface area contributed by atoms with E-state index in [1.54, 1.807) is 0 Å². The van der Waals surface area contributed by atoms with Crippen LogP contribution in [0.3, 0.4) is 0 Å². The number of aliphatic imine (C=N–C) groups is 1. The second-order valence-electron chi connectivity index (χ2n) is 7.56. The van der Waals surface area contributed by atoms with Gasteiger partial charge in [-0.25, -0.2) is 4.99 Å². The molecule has 0 saturated heterocycles. The predicted molar refractivity (Wildman–Crippen MR) is 149 cm³/mol. The molecule has 4 aromatic rings. The molecule has 2 nitrogen and oxygen atoms in total. The molecule has 0 N–H and O–H groups in total. The molecule has 0 amide bonds. The van der Waals surface area contributed by atoms with E-state index in [1.165, 1.54) is 17.3 Å². The normalized spacial score (nSPS) is 11.8. The molecule has 4 aromatic carbocycles. The van der Waals surface area contributed by atoms with Gasteiger partial charge in [-0.2, -0.15) is 0 Å². The van der Waals surface area contributed by atoms with E-state index in [2.05, 4.69) is 12.1 Å². The van der Waals surface area contributed by atoms with E-state index in [0.717, 1.165) is 10.5 Å². The van der Waals surface area contributed by atoms with Gasteiger partial charge < -0.3 is 4.57 Å². The number of hydrogen-bond donors (Lipinski definition) is 0. The SMILES string of the molecule is Cc1ccc(S/C(=N/C(=C(Cl)Cl)P(=O)(c2ccccc2)c2ccccc2)c2ccccc2)cc1. The highest BCUT2D eigenvalue weighted by molar-refractivity contribution is 8.14. The van der Waals surface area contributed by atoms with Crippen LogP contribution in [0.5, 0.6) is 0 Å². The summed E-state index contributed by atoms with van der Waals surface area (Å²) in [5, 5.41) is 1.89. The maximum Gasteiger partial charge on any atom is 0.190 e. The summed E-state index contributed by atoms with van der Waals surface area (Å²) in [6.45, 7) is 2.05. The molecule has 4 rings (SSSR count). The number of benzene rings is 4. The zero-order valence-corrected chi connectivity index (χ0v) is 21.7. The van der Waals surface area contributed by atoms with Gasteiger partial charge in [-0.15, -0.1) is 0 Å². The van der Waals surface area contributed by atoms with Crippen molar-refractivity contribution in [3.05, 3.63) is 136 Å². The number of halogens is 2. The average Bonchev–Trinajstić information content (AvgIpc) is 2.88. The number of hydrogen-bond acceptors (Lipinski definition) is 3. The Labute approximate surface area is 214 Å². The van der Waals surface area contributed by atoms with Gasteiger partial charge in [0.2, 0.25) is 0 Å². The first kappa shape index (κ1) is 24.6. The fourth-order valence-corrected chi connectivity index (χ4v) is 7.65. The zero-order chi connectivity index (χ0) is 24.0. The predicted octanol–water partition coefficient (Wildman–Crippen LogP) is 8.15. The summed E-state index contributed by atoms with van der Waals surface area (Å²) in [6.07, 6.45) is 0. The third kappa shape index (κ3) is 5.56. The summed E-state index contributed by atoms with van der Waals surface area (Å²) in [5.41, 5.74) is 2.21. The highest BCUT2D eigenvalue weighted by atomic mass is 35.5. The molecular weight excluding hydrogens is 500 g/mol. The van der Waals surface area contributed by atoms with Gasteiger partial charge in [0.25, 0.3) is 0 Å². The number of rotatable bonds is 6. The molecule has 0 heterocycles. The molecule has 0 fully saturated rings. The molecule has 0 aliphatic carbocycles. The largest absolute Gasteiger partial charge is 0.307 e. The van der Waals surface area contributed by atoms with Crippen LogP contribution in [0.15, 0.2) is 135 Å². The van der Waals surface area contributed by atoms with Gasteiger partial charge in [0.05, 0.1) is 0 Å². The van der Waals surface area contributed by atoms with Gasteiger partial charge in [0.15, 0.2) is 7.14 Å². The van der Waals surface area contributed by atoms with Crippen molar-refractivity contribution < 1.29 is 4.57 Å². The van der Waals surface area contributed by atoms with Crippen molar-refractivity contribution in [3.63, 3.8) is 0 Å². The lowest BCUT2D eigenvalue weighted by Gasteiger charge is -2.21. The van der Waals surface area contributed by atoms with Gasteiger partial charge in [-0.05, 0) is 19.1 Å². The van der Waals surface area contributed by atoms with E-state index >= 15 is 0 Å². The molecule has 0 bridgehead atoms. The van der Waals surface area contributed by atoms with Crippen LogP contribution >= 0.6 is 42.1 Å². The minimum Gasteiger partial charge on any atom is -0.307 e. The van der Waals surface area contributed by atoms with Crippen molar-refractivity contribution >= 4 is 57.8 Å². The first-order valence-electron chi connectivity index (χ1n) is 10.6. The molecular formula is C28H22Cl2NOPS. The summed E-state index contributed by atoms with van der Waals surface area (Å²) in [7, 11) is -3.46. The van der Waals surface area contributed by atoms with Crippen LogP contribution in [0.25, 0.3) is 0 Å². The second kappa shape index (κ2) is 11.3. The smallest absolute Gasteiger partial charge is 0.190 e. The lowest BCUT2D eigenvalue weighted by atomic mass is 10.2. The highest BCUT2D eigenvalue weighted by Gasteiger charge is 2.34. The average molecular weight is 522 g/mol. The maximum absolute atomic E-state index is 14.9. The Kier molecular flexibility index (Phi) is 8.13. The van der Waals surface area contributed by atoms with Crippen molar-refractivity contribution in [1.29, 1.82) is 0 Å².